The van der Waals surface area contributed by atoms with Crippen molar-refractivity contribution in [1.29, 1.82) is 0 Å². The Labute approximate surface area is 236 Å². The van der Waals surface area contributed by atoms with E-state index >= 15 is 0 Å². The monoisotopic (exact) mass is 544 g/mol. The number of nitrogens with zero attached hydrogens (tertiary/aromatic N) is 3. The van der Waals surface area contributed by atoms with E-state index in [4.69, 9.17) is 26.1 Å². The molecule has 0 radical (unpaired) electrons. The van der Waals surface area contributed by atoms with Gasteiger partial charge in [-0.05, 0) is 118 Å². The predicted octanol–water partition coefficient (Wildman–Crippen LogP) is 7.21. The maximum Gasteiger partial charge on any atom is 0.142 e. The molecule has 0 atom stereocenters. The number of halogens is 1. The van der Waals surface area contributed by atoms with Crippen LogP contribution in [-0.4, -0.2) is 47.4 Å². The molecule has 1 saturated heterocycles. The molecule has 39 heavy (non-hydrogen) atoms. The number of rotatable bonds is 11. The summed E-state index contributed by atoms with van der Waals surface area (Å²) in [6.45, 7) is 8.98. The summed E-state index contributed by atoms with van der Waals surface area (Å²) in [5.74, 6) is 4.12. The second kappa shape index (κ2) is 13.2. The molecule has 1 N–H and O–H groups in total. The van der Waals surface area contributed by atoms with Crippen molar-refractivity contribution in [3.8, 4) is 34.2 Å². The molecule has 1 aliphatic rings. The maximum atomic E-state index is 6.01. The van der Waals surface area contributed by atoms with Gasteiger partial charge in [0.25, 0.3) is 0 Å². The summed E-state index contributed by atoms with van der Waals surface area (Å²) in [5.41, 5.74) is 3.12. The van der Waals surface area contributed by atoms with Crippen molar-refractivity contribution in [1.82, 2.24) is 19.8 Å². The number of aromatic nitrogens is 2. The molecule has 204 valence electrons. The molecule has 5 rings (SSSR count). The van der Waals surface area contributed by atoms with Gasteiger partial charge in [-0.15, -0.1) is 0 Å². The largest absolute Gasteiger partial charge is 0.478 e. The standard InChI is InChI=1S/C32H37ClN4O2/c1-3-36(4-2)23-38-28-11-5-25(6-12-28)31-22-37(32(35-31)21-24-17-19-34-20-18-24)27-9-15-30(16-10-27)39-29-13-7-26(33)8-14-29/h5-16,22,24,34H,3-4,17-21,23H2,1-2H3. The van der Waals surface area contributed by atoms with E-state index in [-0.39, 0.29) is 0 Å². The summed E-state index contributed by atoms with van der Waals surface area (Å²) in [6, 6.07) is 23.8. The van der Waals surface area contributed by atoms with E-state index in [0.29, 0.717) is 17.7 Å². The number of ether oxygens (including phenoxy) is 2. The van der Waals surface area contributed by atoms with Gasteiger partial charge in [-0.2, -0.15) is 0 Å². The molecule has 0 bridgehead atoms. The number of piperidine rings is 1. The van der Waals surface area contributed by atoms with E-state index in [2.05, 4.69) is 59.1 Å². The van der Waals surface area contributed by atoms with E-state index in [9.17, 15) is 0 Å². The molecule has 0 unspecified atom stereocenters. The van der Waals surface area contributed by atoms with Gasteiger partial charge in [0.05, 0.1) is 5.69 Å². The highest BCUT2D eigenvalue weighted by Gasteiger charge is 2.19. The Bertz CT molecular complexity index is 1310. The third-order valence-corrected chi connectivity index (χ3v) is 7.58. The average molecular weight is 545 g/mol. The Balaban J connectivity index is 1.36. The van der Waals surface area contributed by atoms with E-state index < -0.39 is 0 Å². The number of benzene rings is 3. The van der Waals surface area contributed by atoms with Gasteiger partial charge >= 0.3 is 0 Å². The van der Waals surface area contributed by atoms with E-state index in [1.807, 2.05) is 48.5 Å². The zero-order valence-electron chi connectivity index (χ0n) is 22.8. The molecule has 1 fully saturated rings. The third kappa shape index (κ3) is 7.21. The van der Waals surface area contributed by atoms with Gasteiger partial charge in [-0.3, -0.25) is 4.90 Å². The van der Waals surface area contributed by atoms with Gasteiger partial charge < -0.3 is 19.4 Å². The van der Waals surface area contributed by atoms with Gasteiger partial charge in [0.1, 0.15) is 29.8 Å². The fourth-order valence-corrected chi connectivity index (χ4v) is 5.00. The molecular weight excluding hydrogens is 508 g/mol. The van der Waals surface area contributed by atoms with Gasteiger partial charge in [-0.1, -0.05) is 25.4 Å². The molecule has 0 saturated carbocycles. The Morgan fingerprint density at radius 1 is 0.872 bits per heavy atom. The van der Waals surface area contributed by atoms with Crippen LogP contribution in [0.1, 0.15) is 32.5 Å². The topological polar surface area (TPSA) is 51.5 Å². The van der Waals surface area contributed by atoms with Gasteiger partial charge in [-0.25, -0.2) is 4.98 Å². The molecule has 1 aliphatic heterocycles. The second-order valence-corrected chi connectivity index (χ2v) is 10.4. The van der Waals surface area contributed by atoms with Crippen LogP contribution in [0.5, 0.6) is 17.2 Å². The Morgan fingerprint density at radius 2 is 1.49 bits per heavy atom. The molecule has 0 aliphatic carbocycles. The maximum absolute atomic E-state index is 6.01. The highest BCUT2D eigenvalue weighted by Crippen LogP contribution is 2.29. The zero-order chi connectivity index (χ0) is 27.0. The second-order valence-electron chi connectivity index (χ2n) is 9.96. The van der Waals surface area contributed by atoms with Crippen LogP contribution in [0.2, 0.25) is 5.02 Å². The number of hydrogen-bond acceptors (Lipinski definition) is 5. The van der Waals surface area contributed by atoms with Crippen molar-refractivity contribution in [2.75, 3.05) is 32.9 Å². The third-order valence-electron chi connectivity index (χ3n) is 7.33. The van der Waals surface area contributed by atoms with Crippen LogP contribution in [0.25, 0.3) is 16.9 Å². The van der Waals surface area contributed by atoms with Gasteiger partial charge in [0.2, 0.25) is 0 Å². The van der Waals surface area contributed by atoms with Crippen LogP contribution in [0.15, 0.2) is 79.0 Å². The lowest BCUT2D eigenvalue weighted by molar-refractivity contribution is 0.137. The lowest BCUT2D eigenvalue weighted by atomic mass is 9.94. The number of nitrogens with one attached hydrogen (secondary N) is 1. The van der Waals surface area contributed by atoms with Crippen LogP contribution in [0.3, 0.4) is 0 Å². The molecule has 4 aromatic rings. The Morgan fingerprint density at radius 3 is 2.13 bits per heavy atom. The van der Waals surface area contributed by atoms with Crippen molar-refractivity contribution in [2.24, 2.45) is 5.92 Å². The van der Waals surface area contributed by atoms with Crippen LogP contribution >= 0.6 is 11.6 Å². The van der Waals surface area contributed by atoms with E-state index in [1.54, 1.807) is 0 Å². The summed E-state index contributed by atoms with van der Waals surface area (Å²) in [7, 11) is 0. The van der Waals surface area contributed by atoms with Crippen LogP contribution in [0, 0.1) is 5.92 Å². The quantitative estimate of drug-likeness (QED) is 0.202. The average Bonchev–Trinajstić information content (AvgIpc) is 3.39. The molecule has 1 aromatic heterocycles. The van der Waals surface area contributed by atoms with Crippen molar-refractivity contribution in [3.05, 3.63) is 89.8 Å². The Kier molecular flexibility index (Phi) is 9.19. The van der Waals surface area contributed by atoms with Gasteiger partial charge in [0, 0.05) is 28.9 Å². The van der Waals surface area contributed by atoms with Crippen LogP contribution < -0.4 is 14.8 Å². The summed E-state index contributed by atoms with van der Waals surface area (Å²) >= 11 is 6.00. The Hall–Kier alpha value is -3.32. The number of imidazole rings is 1. The first-order chi connectivity index (χ1) is 19.1. The van der Waals surface area contributed by atoms with Crippen LogP contribution in [-0.2, 0) is 6.42 Å². The summed E-state index contributed by atoms with van der Waals surface area (Å²) in [5, 5.41) is 4.16. The normalized spacial score (nSPS) is 14.1. The van der Waals surface area contributed by atoms with E-state index in [0.717, 1.165) is 72.6 Å². The smallest absolute Gasteiger partial charge is 0.142 e. The number of hydrogen-bond donors (Lipinski definition) is 1. The molecular formula is C32H37ClN4O2. The zero-order valence-corrected chi connectivity index (χ0v) is 23.5. The summed E-state index contributed by atoms with van der Waals surface area (Å²) in [6.07, 6.45) is 5.45. The van der Waals surface area contributed by atoms with Crippen molar-refractivity contribution in [3.63, 3.8) is 0 Å². The summed E-state index contributed by atoms with van der Waals surface area (Å²) < 4.78 is 14.2. The molecule has 0 amide bonds. The van der Waals surface area contributed by atoms with Crippen molar-refractivity contribution >= 4 is 11.6 Å². The fraction of sp³-hybridized carbons (Fsp3) is 0.344. The first-order valence-electron chi connectivity index (χ1n) is 13.9. The SMILES string of the molecule is CCN(CC)COc1ccc(-c2cn(-c3ccc(Oc4ccc(Cl)cc4)cc3)c(CC3CCNCC3)n2)cc1. The molecule has 7 heteroatoms. The van der Waals surface area contributed by atoms with Crippen LogP contribution in [0.4, 0.5) is 0 Å². The first-order valence-corrected chi connectivity index (χ1v) is 14.3. The minimum atomic E-state index is 0.596. The molecule has 2 heterocycles. The van der Waals surface area contributed by atoms with Crippen molar-refractivity contribution < 1.29 is 9.47 Å². The minimum Gasteiger partial charge on any atom is -0.478 e. The van der Waals surface area contributed by atoms with Crippen molar-refractivity contribution in [2.45, 2.75) is 33.1 Å². The fourth-order valence-electron chi connectivity index (χ4n) is 4.88. The first kappa shape index (κ1) is 27.3. The minimum absolute atomic E-state index is 0.596. The molecule has 6 nitrogen and oxygen atoms in total. The molecule has 3 aromatic carbocycles. The lowest BCUT2D eigenvalue weighted by Crippen LogP contribution is -2.29. The predicted molar refractivity (Wildman–Crippen MR) is 158 cm³/mol. The van der Waals surface area contributed by atoms with Gasteiger partial charge in [0.15, 0.2) is 0 Å². The highest BCUT2D eigenvalue weighted by molar-refractivity contribution is 6.30. The summed E-state index contributed by atoms with van der Waals surface area (Å²) in [4.78, 5) is 7.37. The lowest BCUT2D eigenvalue weighted by Gasteiger charge is -2.22. The van der Waals surface area contributed by atoms with E-state index in [1.165, 1.54) is 12.8 Å². The molecule has 0 spiro atoms. The highest BCUT2D eigenvalue weighted by atomic mass is 35.5.